The van der Waals surface area contributed by atoms with Crippen molar-refractivity contribution in [1.82, 2.24) is 20.3 Å². The quantitative estimate of drug-likeness (QED) is 0.193. The number of halogens is 1. The van der Waals surface area contributed by atoms with E-state index in [-0.39, 0.29) is 24.0 Å². The third-order valence-corrected chi connectivity index (χ3v) is 3.95. The summed E-state index contributed by atoms with van der Waals surface area (Å²) in [6, 6.07) is 1.08. The first kappa shape index (κ1) is 25.1. The third-order valence-electron chi connectivity index (χ3n) is 3.22. The van der Waals surface area contributed by atoms with Crippen LogP contribution < -0.4 is 15.4 Å². The van der Waals surface area contributed by atoms with Gasteiger partial charge >= 0.3 is 0 Å². The summed E-state index contributed by atoms with van der Waals surface area (Å²) in [5, 5.41) is 6.31. The molecule has 0 fully saturated rings. The second kappa shape index (κ2) is 13.2. The van der Waals surface area contributed by atoms with E-state index in [4.69, 9.17) is 0 Å². The van der Waals surface area contributed by atoms with Gasteiger partial charge in [0.2, 0.25) is 10.0 Å². The topological polar surface area (TPSA) is 85.8 Å². The first-order valence-electron chi connectivity index (χ1n) is 7.82. The lowest BCUT2D eigenvalue weighted by Crippen LogP contribution is -2.43. The molecule has 0 spiro atoms. The Morgan fingerprint density at radius 3 is 2.00 bits per heavy atom. The third kappa shape index (κ3) is 14.0. The molecular weight excluding hydrogens is 429 g/mol. The molecule has 0 saturated heterocycles. The Kier molecular flexibility index (Phi) is 14.4. The van der Waals surface area contributed by atoms with E-state index >= 15 is 0 Å². The first-order chi connectivity index (χ1) is 10.2. The van der Waals surface area contributed by atoms with Gasteiger partial charge in [0, 0.05) is 45.3 Å². The van der Waals surface area contributed by atoms with Crippen molar-refractivity contribution in [2.45, 2.75) is 46.2 Å². The molecule has 0 heterocycles. The Morgan fingerprint density at radius 2 is 1.57 bits per heavy atom. The number of nitrogens with one attached hydrogen (secondary N) is 3. The summed E-state index contributed by atoms with van der Waals surface area (Å²) in [6.45, 7) is 11.5. The van der Waals surface area contributed by atoms with E-state index < -0.39 is 10.0 Å². The van der Waals surface area contributed by atoms with Gasteiger partial charge in [0.1, 0.15) is 0 Å². The predicted molar refractivity (Wildman–Crippen MR) is 109 cm³/mol. The van der Waals surface area contributed by atoms with E-state index in [0.29, 0.717) is 31.1 Å². The highest BCUT2D eigenvalue weighted by molar-refractivity contribution is 14.0. The molecule has 0 saturated carbocycles. The van der Waals surface area contributed by atoms with E-state index in [1.54, 1.807) is 7.05 Å². The van der Waals surface area contributed by atoms with E-state index in [9.17, 15) is 8.42 Å². The zero-order valence-electron chi connectivity index (χ0n) is 15.2. The molecular formula is C14H34IN5O2S. The van der Waals surface area contributed by atoms with Crippen LogP contribution in [0.3, 0.4) is 0 Å². The van der Waals surface area contributed by atoms with Crippen LogP contribution in [0.5, 0.6) is 0 Å². The van der Waals surface area contributed by atoms with Crippen LogP contribution in [0.2, 0.25) is 0 Å². The van der Waals surface area contributed by atoms with Gasteiger partial charge in [-0.2, -0.15) is 0 Å². The molecule has 140 valence electrons. The molecule has 0 rings (SSSR count). The summed E-state index contributed by atoms with van der Waals surface area (Å²) in [7, 11) is -1.43. The van der Waals surface area contributed by atoms with E-state index in [1.807, 2.05) is 0 Å². The molecule has 3 N–H and O–H groups in total. The summed E-state index contributed by atoms with van der Waals surface area (Å²) >= 11 is 0. The zero-order chi connectivity index (χ0) is 17.2. The molecule has 0 aromatic rings. The van der Waals surface area contributed by atoms with Crippen LogP contribution in [0.4, 0.5) is 0 Å². The van der Waals surface area contributed by atoms with Gasteiger partial charge in [-0.05, 0) is 34.1 Å². The molecule has 0 aromatic carbocycles. The maximum atomic E-state index is 10.9. The molecule has 0 radical (unpaired) electrons. The lowest BCUT2D eigenvalue weighted by molar-refractivity contribution is 0.173. The Bertz CT molecular complexity index is 419. The minimum absolute atomic E-state index is 0. The molecule has 9 heteroatoms. The normalized spacial score (nSPS) is 12.7. The summed E-state index contributed by atoms with van der Waals surface area (Å²) in [6.07, 6.45) is 2.17. The molecule has 23 heavy (non-hydrogen) atoms. The number of hydrogen-bond donors (Lipinski definition) is 3. The van der Waals surface area contributed by atoms with Gasteiger partial charge < -0.3 is 10.6 Å². The van der Waals surface area contributed by atoms with Gasteiger partial charge in [-0.25, -0.2) is 13.1 Å². The highest BCUT2D eigenvalue weighted by atomic mass is 127. The van der Waals surface area contributed by atoms with Gasteiger partial charge in [0.15, 0.2) is 5.96 Å². The van der Waals surface area contributed by atoms with Crippen molar-refractivity contribution in [3.05, 3.63) is 0 Å². The number of nitrogens with zero attached hydrogens (tertiary/aromatic N) is 2. The molecule has 0 aliphatic heterocycles. The second-order valence-electron chi connectivity index (χ2n) is 5.87. The van der Waals surface area contributed by atoms with Gasteiger partial charge in [0.05, 0.1) is 6.26 Å². The molecule has 0 aliphatic rings. The molecule has 0 aromatic heterocycles. The summed E-state index contributed by atoms with van der Waals surface area (Å²) in [5.41, 5.74) is 0. The Morgan fingerprint density at radius 1 is 1.04 bits per heavy atom. The van der Waals surface area contributed by atoms with Crippen molar-refractivity contribution >= 4 is 40.0 Å². The average molecular weight is 463 g/mol. The van der Waals surface area contributed by atoms with Crippen molar-refractivity contribution in [1.29, 1.82) is 0 Å². The van der Waals surface area contributed by atoms with Crippen LogP contribution >= 0.6 is 24.0 Å². The SMILES string of the molecule is CN=C(NCCCN(C(C)C)C(C)C)NCCNS(C)(=O)=O.I. The molecule has 0 unspecified atom stereocenters. The van der Waals surface area contributed by atoms with Crippen molar-refractivity contribution in [2.24, 2.45) is 4.99 Å². The van der Waals surface area contributed by atoms with E-state index in [0.717, 1.165) is 25.8 Å². The molecule has 0 bridgehead atoms. The van der Waals surface area contributed by atoms with Crippen molar-refractivity contribution in [2.75, 3.05) is 39.5 Å². The number of guanidine groups is 1. The Labute approximate surface area is 159 Å². The van der Waals surface area contributed by atoms with Crippen molar-refractivity contribution < 1.29 is 8.42 Å². The lowest BCUT2D eigenvalue weighted by atomic mass is 10.2. The van der Waals surface area contributed by atoms with Crippen LogP contribution in [0.15, 0.2) is 4.99 Å². The van der Waals surface area contributed by atoms with Gasteiger partial charge in [-0.3, -0.25) is 9.89 Å². The fourth-order valence-electron chi connectivity index (χ4n) is 2.22. The standard InChI is InChI=1S/C14H33N5O2S.HI/c1-12(2)19(13(3)4)11-7-8-16-14(15-5)17-9-10-18-22(6,20)21;/h12-13,18H,7-11H2,1-6H3,(H2,15,16,17);1H. The average Bonchev–Trinajstić information content (AvgIpc) is 2.38. The van der Waals surface area contributed by atoms with Gasteiger partial charge in [-0.1, -0.05) is 0 Å². The second-order valence-corrected chi connectivity index (χ2v) is 7.70. The molecule has 7 nitrogen and oxygen atoms in total. The Balaban J connectivity index is 0. The monoisotopic (exact) mass is 463 g/mol. The minimum atomic E-state index is -3.13. The van der Waals surface area contributed by atoms with Crippen LogP contribution in [0.25, 0.3) is 0 Å². The van der Waals surface area contributed by atoms with Crippen LogP contribution in [-0.4, -0.2) is 70.8 Å². The number of sulfonamides is 1. The smallest absolute Gasteiger partial charge is 0.208 e. The number of rotatable bonds is 10. The summed E-state index contributed by atoms with van der Waals surface area (Å²) in [5.74, 6) is 0.691. The summed E-state index contributed by atoms with van der Waals surface area (Å²) < 4.78 is 24.3. The fraction of sp³-hybridized carbons (Fsp3) is 0.929. The Hall–Kier alpha value is -0.130. The number of aliphatic imine (C=N–C) groups is 1. The highest BCUT2D eigenvalue weighted by Gasteiger charge is 2.12. The van der Waals surface area contributed by atoms with Crippen molar-refractivity contribution in [3.8, 4) is 0 Å². The first-order valence-corrected chi connectivity index (χ1v) is 9.71. The minimum Gasteiger partial charge on any atom is -0.356 e. The van der Waals surface area contributed by atoms with Gasteiger partial charge in [-0.15, -0.1) is 24.0 Å². The molecule has 0 amide bonds. The summed E-state index contributed by atoms with van der Waals surface area (Å²) in [4.78, 5) is 6.56. The molecule has 0 aliphatic carbocycles. The largest absolute Gasteiger partial charge is 0.356 e. The number of hydrogen-bond acceptors (Lipinski definition) is 4. The predicted octanol–water partition coefficient (Wildman–Crippen LogP) is 0.828. The van der Waals surface area contributed by atoms with Gasteiger partial charge in [0.25, 0.3) is 0 Å². The van der Waals surface area contributed by atoms with Crippen molar-refractivity contribution in [3.63, 3.8) is 0 Å². The van der Waals surface area contributed by atoms with E-state index in [2.05, 4.69) is 52.9 Å². The van der Waals surface area contributed by atoms with E-state index in [1.165, 1.54) is 0 Å². The highest BCUT2D eigenvalue weighted by Crippen LogP contribution is 2.05. The zero-order valence-corrected chi connectivity index (χ0v) is 18.4. The fourth-order valence-corrected chi connectivity index (χ4v) is 2.69. The maximum absolute atomic E-state index is 10.9. The maximum Gasteiger partial charge on any atom is 0.208 e. The lowest BCUT2D eigenvalue weighted by Gasteiger charge is -2.30. The van der Waals surface area contributed by atoms with Crippen LogP contribution in [0, 0.1) is 0 Å². The van der Waals surface area contributed by atoms with Crippen LogP contribution in [0.1, 0.15) is 34.1 Å². The van der Waals surface area contributed by atoms with Crippen LogP contribution in [-0.2, 0) is 10.0 Å². The molecule has 0 atom stereocenters.